The van der Waals surface area contributed by atoms with Gasteiger partial charge in [0.15, 0.2) is 6.61 Å². The van der Waals surface area contributed by atoms with E-state index in [0.29, 0.717) is 10.3 Å². The van der Waals surface area contributed by atoms with Gasteiger partial charge >= 0.3 is 5.97 Å². The van der Waals surface area contributed by atoms with Crippen LogP contribution in [0.2, 0.25) is 0 Å². The van der Waals surface area contributed by atoms with Crippen molar-refractivity contribution in [2.24, 2.45) is 23.2 Å². The predicted molar refractivity (Wildman–Crippen MR) is 118 cm³/mol. The van der Waals surface area contributed by atoms with Crippen LogP contribution < -0.4 is 5.32 Å². The van der Waals surface area contributed by atoms with Crippen LogP contribution in [0.5, 0.6) is 0 Å². The Kier molecular flexibility index (Phi) is 5.18. The summed E-state index contributed by atoms with van der Waals surface area (Å²) in [4.78, 5) is 25.6. The SMILES string of the molecule is Cc1ccc(-c2ccsc2C(=O)OCC(=O)NCC23CC4CC(CC(C4)C2)C3)cc1. The molecule has 1 heterocycles. The van der Waals surface area contributed by atoms with Crippen molar-refractivity contribution >= 4 is 23.2 Å². The zero-order valence-electron chi connectivity index (χ0n) is 17.5. The Labute approximate surface area is 182 Å². The van der Waals surface area contributed by atoms with Gasteiger partial charge < -0.3 is 10.1 Å². The van der Waals surface area contributed by atoms with Gasteiger partial charge in [-0.1, -0.05) is 29.8 Å². The second kappa shape index (κ2) is 7.84. The number of rotatable bonds is 6. The number of thiophene rings is 1. The van der Waals surface area contributed by atoms with E-state index in [1.807, 2.05) is 42.6 Å². The van der Waals surface area contributed by atoms with Gasteiger partial charge in [-0.15, -0.1) is 11.3 Å². The fraction of sp³-hybridized carbons (Fsp3) is 0.520. The van der Waals surface area contributed by atoms with Crippen LogP contribution >= 0.6 is 11.3 Å². The van der Waals surface area contributed by atoms with Crippen molar-refractivity contribution in [2.45, 2.75) is 45.4 Å². The van der Waals surface area contributed by atoms with Crippen LogP contribution in [-0.4, -0.2) is 25.0 Å². The minimum Gasteiger partial charge on any atom is -0.451 e. The molecule has 0 unspecified atom stereocenters. The van der Waals surface area contributed by atoms with Crippen LogP contribution in [0, 0.1) is 30.1 Å². The first kappa shape index (κ1) is 19.8. The molecule has 0 aliphatic heterocycles. The number of hydrogen-bond acceptors (Lipinski definition) is 4. The lowest BCUT2D eigenvalue weighted by Gasteiger charge is -2.56. The zero-order valence-corrected chi connectivity index (χ0v) is 18.3. The van der Waals surface area contributed by atoms with E-state index >= 15 is 0 Å². The average molecular weight is 424 g/mol. The number of carbonyl (C=O) groups is 2. The van der Waals surface area contributed by atoms with Crippen LogP contribution in [0.25, 0.3) is 11.1 Å². The summed E-state index contributed by atoms with van der Waals surface area (Å²) in [7, 11) is 0. The van der Waals surface area contributed by atoms with E-state index < -0.39 is 5.97 Å². The first-order valence-corrected chi connectivity index (χ1v) is 12.0. The molecule has 6 rings (SSSR count). The van der Waals surface area contributed by atoms with Gasteiger partial charge in [0, 0.05) is 12.1 Å². The summed E-state index contributed by atoms with van der Waals surface area (Å²) in [6.45, 7) is 2.56. The van der Waals surface area contributed by atoms with Gasteiger partial charge in [-0.05, 0) is 85.6 Å². The van der Waals surface area contributed by atoms with Crippen LogP contribution in [-0.2, 0) is 9.53 Å². The number of carbonyl (C=O) groups excluding carboxylic acids is 2. The van der Waals surface area contributed by atoms with E-state index in [4.69, 9.17) is 4.74 Å². The van der Waals surface area contributed by atoms with E-state index in [1.54, 1.807) is 0 Å². The Morgan fingerprint density at radius 2 is 1.67 bits per heavy atom. The van der Waals surface area contributed by atoms with E-state index in [-0.39, 0.29) is 12.5 Å². The van der Waals surface area contributed by atoms with Crippen LogP contribution in [0.4, 0.5) is 0 Å². The summed E-state index contributed by atoms with van der Waals surface area (Å²) in [6.07, 6.45) is 7.97. The summed E-state index contributed by atoms with van der Waals surface area (Å²) >= 11 is 1.35. The third-order valence-corrected chi connectivity index (χ3v) is 8.27. The first-order chi connectivity index (χ1) is 14.5. The molecule has 30 heavy (non-hydrogen) atoms. The van der Waals surface area contributed by atoms with Crippen molar-refractivity contribution in [1.29, 1.82) is 0 Å². The van der Waals surface area contributed by atoms with Gasteiger partial charge in [0.05, 0.1) is 0 Å². The molecule has 0 atom stereocenters. The molecule has 4 bridgehead atoms. The molecule has 0 radical (unpaired) electrons. The summed E-state index contributed by atoms with van der Waals surface area (Å²) in [5.41, 5.74) is 3.31. The van der Waals surface area contributed by atoms with E-state index in [1.165, 1.54) is 55.4 Å². The lowest BCUT2D eigenvalue weighted by Crippen LogP contribution is -2.51. The maximum Gasteiger partial charge on any atom is 0.349 e. The smallest absolute Gasteiger partial charge is 0.349 e. The topological polar surface area (TPSA) is 55.4 Å². The Balaban J connectivity index is 1.15. The molecule has 1 N–H and O–H groups in total. The molecular formula is C25H29NO3S. The summed E-state index contributed by atoms with van der Waals surface area (Å²) in [6, 6.07) is 10.00. The molecule has 0 saturated heterocycles. The highest BCUT2D eigenvalue weighted by Gasteiger charge is 2.50. The normalized spacial score (nSPS) is 29.0. The highest BCUT2D eigenvalue weighted by atomic mass is 32.1. The molecule has 1 aromatic carbocycles. The Morgan fingerprint density at radius 1 is 1.03 bits per heavy atom. The van der Waals surface area contributed by atoms with E-state index in [2.05, 4.69) is 5.32 Å². The second-order valence-electron chi connectivity index (χ2n) is 9.80. The van der Waals surface area contributed by atoms with Crippen molar-refractivity contribution in [3.05, 3.63) is 46.2 Å². The lowest BCUT2D eigenvalue weighted by molar-refractivity contribution is -0.126. The predicted octanol–water partition coefficient (Wildman–Crippen LogP) is 5.21. The van der Waals surface area contributed by atoms with Gasteiger partial charge in [-0.25, -0.2) is 4.79 Å². The Bertz CT molecular complexity index is 910. The summed E-state index contributed by atoms with van der Waals surface area (Å²) in [5.74, 6) is 1.98. The zero-order chi connectivity index (χ0) is 20.7. The lowest BCUT2D eigenvalue weighted by atomic mass is 9.49. The van der Waals surface area contributed by atoms with Gasteiger partial charge in [0.2, 0.25) is 0 Å². The molecule has 158 valence electrons. The Morgan fingerprint density at radius 3 is 2.30 bits per heavy atom. The maximum atomic E-state index is 12.6. The molecule has 1 aromatic heterocycles. The highest BCUT2D eigenvalue weighted by molar-refractivity contribution is 7.12. The quantitative estimate of drug-likeness (QED) is 0.649. The van der Waals surface area contributed by atoms with Crippen LogP contribution in [0.3, 0.4) is 0 Å². The monoisotopic (exact) mass is 423 g/mol. The molecular weight excluding hydrogens is 394 g/mol. The van der Waals surface area contributed by atoms with Crippen molar-refractivity contribution < 1.29 is 14.3 Å². The minimum atomic E-state index is -0.425. The third kappa shape index (κ3) is 3.92. The molecule has 0 spiro atoms. The molecule has 1 amide bonds. The van der Waals surface area contributed by atoms with Gasteiger partial charge in [-0.3, -0.25) is 4.79 Å². The second-order valence-corrected chi connectivity index (χ2v) is 10.7. The molecule has 4 saturated carbocycles. The summed E-state index contributed by atoms with van der Waals surface area (Å²) in [5, 5.41) is 4.97. The number of benzene rings is 1. The number of esters is 1. The molecule has 4 aliphatic rings. The molecule has 2 aromatic rings. The van der Waals surface area contributed by atoms with Gasteiger partial charge in [-0.2, -0.15) is 0 Å². The third-order valence-electron chi connectivity index (χ3n) is 7.37. The van der Waals surface area contributed by atoms with Gasteiger partial charge in [0.1, 0.15) is 4.88 Å². The van der Waals surface area contributed by atoms with Crippen molar-refractivity contribution in [1.82, 2.24) is 5.32 Å². The number of nitrogens with one attached hydrogen (secondary N) is 1. The average Bonchev–Trinajstić information content (AvgIpc) is 3.20. The standard InChI is InChI=1S/C25H29NO3S/c1-16-2-4-20(5-3-16)21-6-7-30-23(21)24(28)29-14-22(27)26-15-25-11-17-8-18(12-25)10-19(9-17)13-25/h2-7,17-19H,8-15H2,1H3,(H,26,27). The van der Waals surface area contributed by atoms with Gasteiger partial charge in [0.25, 0.3) is 5.91 Å². The molecule has 4 aliphatic carbocycles. The first-order valence-electron chi connectivity index (χ1n) is 11.1. The van der Waals surface area contributed by atoms with E-state index in [0.717, 1.165) is 35.4 Å². The van der Waals surface area contributed by atoms with Crippen LogP contribution in [0.1, 0.15) is 53.8 Å². The summed E-state index contributed by atoms with van der Waals surface area (Å²) < 4.78 is 5.36. The number of aryl methyl sites for hydroxylation is 1. The number of hydrogen-bond donors (Lipinski definition) is 1. The highest BCUT2D eigenvalue weighted by Crippen LogP contribution is 2.59. The number of amides is 1. The molecule has 4 nitrogen and oxygen atoms in total. The molecule has 4 fully saturated rings. The Hall–Kier alpha value is -2.14. The van der Waals surface area contributed by atoms with Crippen molar-refractivity contribution in [3.8, 4) is 11.1 Å². The van der Waals surface area contributed by atoms with E-state index in [9.17, 15) is 9.59 Å². The number of ether oxygens (including phenoxy) is 1. The fourth-order valence-electron chi connectivity index (χ4n) is 6.47. The van der Waals surface area contributed by atoms with Crippen molar-refractivity contribution in [3.63, 3.8) is 0 Å². The maximum absolute atomic E-state index is 12.6. The van der Waals surface area contributed by atoms with Crippen LogP contribution in [0.15, 0.2) is 35.7 Å². The minimum absolute atomic E-state index is 0.187. The largest absolute Gasteiger partial charge is 0.451 e. The van der Waals surface area contributed by atoms with Crippen molar-refractivity contribution in [2.75, 3.05) is 13.2 Å². The molecule has 5 heteroatoms. The fourth-order valence-corrected chi connectivity index (χ4v) is 7.28.